The first-order chi connectivity index (χ1) is 10.5. The highest BCUT2D eigenvalue weighted by Crippen LogP contribution is 2.33. The molecule has 5 heteroatoms. The van der Waals surface area contributed by atoms with Gasteiger partial charge in [-0.3, -0.25) is 9.59 Å². The summed E-state index contributed by atoms with van der Waals surface area (Å²) in [6, 6.07) is 7.65. The second-order valence-corrected chi connectivity index (χ2v) is 5.73. The van der Waals surface area contributed by atoms with Crippen molar-refractivity contribution in [2.75, 3.05) is 18.5 Å². The number of benzene rings is 1. The van der Waals surface area contributed by atoms with Gasteiger partial charge in [0.2, 0.25) is 5.91 Å². The molecule has 2 atom stereocenters. The molecule has 0 fully saturated rings. The van der Waals surface area contributed by atoms with Crippen LogP contribution < -0.4 is 9.64 Å². The first-order valence-electron chi connectivity index (χ1n) is 7.78. The molecule has 0 saturated heterocycles. The number of hydrogen-bond acceptors (Lipinski definition) is 3. The Balaban J connectivity index is 2.09. The molecule has 1 heterocycles. The third kappa shape index (κ3) is 3.24. The number of anilines is 1. The third-order valence-electron chi connectivity index (χ3n) is 4.27. The molecule has 5 nitrogen and oxygen atoms in total. The molecule has 1 aliphatic rings. The number of nitrogens with zero attached hydrogens (tertiary/aromatic N) is 2. The maximum atomic E-state index is 12.3. The van der Waals surface area contributed by atoms with E-state index in [0.717, 1.165) is 12.1 Å². The van der Waals surface area contributed by atoms with Crippen molar-refractivity contribution in [2.24, 2.45) is 0 Å². The highest BCUT2D eigenvalue weighted by molar-refractivity contribution is 6.00. The van der Waals surface area contributed by atoms with Gasteiger partial charge >= 0.3 is 0 Å². The number of fused-ring (bicyclic) bond motifs is 1. The molecule has 2 unspecified atom stereocenters. The van der Waals surface area contributed by atoms with Crippen molar-refractivity contribution < 1.29 is 14.3 Å². The lowest BCUT2D eigenvalue weighted by Gasteiger charge is -2.33. The summed E-state index contributed by atoms with van der Waals surface area (Å²) in [5, 5.41) is 0. The Labute approximate surface area is 131 Å². The van der Waals surface area contributed by atoms with Crippen molar-refractivity contribution in [2.45, 2.75) is 45.8 Å². The van der Waals surface area contributed by atoms with Crippen LogP contribution in [-0.4, -0.2) is 42.5 Å². The fourth-order valence-electron chi connectivity index (χ4n) is 2.49. The van der Waals surface area contributed by atoms with Crippen molar-refractivity contribution in [3.8, 4) is 5.75 Å². The van der Waals surface area contributed by atoms with Crippen LogP contribution in [0.5, 0.6) is 5.75 Å². The SMILES string of the molecule is CCC(C)N(C)C(=O)CCN1C(=O)C(C)Oc2ccccc21. The van der Waals surface area contributed by atoms with E-state index in [2.05, 4.69) is 6.92 Å². The van der Waals surface area contributed by atoms with Crippen LogP contribution in [-0.2, 0) is 9.59 Å². The lowest BCUT2D eigenvalue weighted by molar-refractivity contribution is -0.131. The van der Waals surface area contributed by atoms with Gasteiger partial charge in [-0.15, -0.1) is 0 Å². The van der Waals surface area contributed by atoms with Gasteiger partial charge in [-0.25, -0.2) is 0 Å². The molecule has 0 spiro atoms. The van der Waals surface area contributed by atoms with Crippen LogP contribution in [0.2, 0.25) is 0 Å². The summed E-state index contributed by atoms with van der Waals surface area (Å²) in [5.41, 5.74) is 0.740. The van der Waals surface area contributed by atoms with Crippen LogP contribution in [0, 0.1) is 0 Å². The van der Waals surface area contributed by atoms with E-state index in [-0.39, 0.29) is 17.9 Å². The number of hydrogen-bond donors (Lipinski definition) is 0. The fourth-order valence-corrected chi connectivity index (χ4v) is 2.49. The van der Waals surface area contributed by atoms with Crippen LogP contribution in [0.1, 0.15) is 33.6 Å². The molecule has 0 aromatic heterocycles. The molecule has 1 aliphatic heterocycles. The Morgan fingerprint density at radius 1 is 1.41 bits per heavy atom. The molecule has 1 aromatic carbocycles. The molecular weight excluding hydrogens is 280 g/mol. The Kier molecular flexibility index (Phi) is 5.06. The summed E-state index contributed by atoms with van der Waals surface area (Å²) < 4.78 is 5.60. The monoisotopic (exact) mass is 304 g/mol. The summed E-state index contributed by atoms with van der Waals surface area (Å²) in [6.07, 6.45) is 0.712. The molecule has 22 heavy (non-hydrogen) atoms. The van der Waals surface area contributed by atoms with Crippen LogP contribution >= 0.6 is 0 Å². The number of ether oxygens (including phenoxy) is 1. The first-order valence-corrected chi connectivity index (χ1v) is 7.78. The van der Waals surface area contributed by atoms with E-state index in [1.54, 1.807) is 16.7 Å². The van der Waals surface area contributed by atoms with E-state index in [9.17, 15) is 9.59 Å². The lowest BCUT2D eigenvalue weighted by atomic mass is 10.1. The van der Waals surface area contributed by atoms with Crippen molar-refractivity contribution in [1.29, 1.82) is 0 Å². The molecule has 2 amide bonds. The van der Waals surface area contributed by atoms with E-state index in [0.29, 0.717) is 18.7 Å². The molecule has 1 aromatic rings. The second kappa shape index (κ2) is 6.81. The van der Waals surface area contributed by atoms with E-state index in [4.69, 9.17) is 4.74 Å². The fraction of sp³-hybridized carbons (Fsp3) is 0.529. The second-order valence-electron chi connectivity index (χ2n) is 5.73. The topological polar surface area (TPSA) is 49.9 Å². The van der Waals surface area contributed by atoms with Gasteiger partial charge in [0.25, 0.3) is 5.91 Å². The van der Waals surface area contributed by atoms with Gasteiger partial charge in [0, 0.05) is 26.1 Å². The zero-order chi connectivity index (χ0) is 16.3. The number of carbonyl (C=O) groups excluding carboxylic acids is 2. The van der Waals surface area contributed by atoms with Gasteiger partial charge in [-0.2, -0.15) is 0 Å². The predicted molar refractivity (Wildman–Crippen MR) is 86.0 cm³/mol. The molecule has 0 bridgehead atoms. The first kappa shape index (κ1) is 16.3. The van der Waals surface area contributed by atoms with Crippen LogP contribution in [0.15, 0.2) is 24.3 Å². The predicted octanol–water partition coefficient (Wildman–Crippen LogP) is 2.45. The average molecular weight is 304 g/mol. The van der Waals surface area contributed by atoms with Gasteiger partial charge < -0.3 is 14.5 Å². The van der Waals surface area contributed by atoms with E-state index < -0.39 is 6.10 Å². The molecule has 0 radical (unpaired) electrons. The minimum Gasteiger partial charge on any atom is -0.479 e. The summed E-state index contributed by atoms with van der Waals surface area (Å²) in [6.45, 7) is 6.19. The highest BCUT2D eigenvalue weighted by Gasteiger charge is 2.31. The van der Waals surface area contributed by atoms with Crippen molar-refractivity contribution in [1.82, 2.24) is 4.90 Å². The Hall–Kier alpha value is -2.04. The standard InChI is InChI=1S/C17H24N2O3/c1-5-12(2)18(4)16(20)10-11-19-14-8-6-7-9-15(14)22-13(3)17(19)21/h6-9,12-13H,5,10-11H2,1-4H3. The Morgan fingerprint density at radius 3 is 2.77 bits per heavy atom. The summed E-state index contributed by atoms with van der Waals surface area (Å²) in [4.78, 5) is 28.0. The molecule has 0 aliphatic carbocycles. The Bertz CT molecular complexity index is 559. The number of rotatable bonds is 5. The summed E-state index contributed by atoms with van der Waals surface area (Å²) in [5.74, 6) is 0.647. The quantitative estimate of drug-likeness (QED) is 0.839. The van der Waals surface area contributed by atoms with Gasteiger partial charge in [0.15, 0.2) is 6.10 Å². The van der Waals surface area contributed by atoms with Gasteiger partial charge in [0.1, 0.15) is 5.75 Å². The van der Waals surface area contributed by atoms with Gasteiger partial charge in [-0.05, 0) is 32.4 Å². The highest BCUT2D eigenvalue weighted by atomic mass is 16.5. The van der Waals surface area contributed by atoms with Crippen LogP contribution in [0.3, 0.4) is 0 Å². The van der Waals surface area contributed by atoms with E-state index >= 15 is 0 Å². The molecule has 120 valence electrons. The largest absolute Gasteiger partial charge is 0.479 e. The third-order valence-corrected chi connectivity index (χ3v) is 4.27. The molecule has 0 N–H and O–H groups in total. The smallest absolute Gasteiger partial charge is 0.267 e. The van der Waals surface area contributed by atoms with Gasteiger partial charge in [-0.1, -0.05) is 19.1 Å². The van der Waals surface area contributed by atoms with E-state index in [1.165, 1.54) is 0 Å². The normalized spacial score (nSPS) is 18.5. The minimum absolute atomic E-state index is 0.0544. The van der Waals surface area contributed by atoms with Crippen LogP contribution in [0.4, 0.5) is 5.69 Å². The number of amides is 2. The van der Waals surface area contributed by atoms with Crippen molar-refractivity contribution in [3.05, 3.63) is 24.3 Å². The van der Waals surface area contributed by atoms with Crippen molar-refractivity contribution in [3.63, 3.8) is 0 Å². The summed E-state index contributed by atoms with van der Waals surface area (Å²) >= 11 is 0. The zero-order valence-corrected chi connectivity index (χ0v) is 13.7. The molecule has 0 saturated carbocycles. The number of para-hydroxylation sites is 2. The molecule has 2 rings (SSSR count). The molecular formula is C17H24N2O3. The van der Waals surface area contributed by atoms with Crippen LogP contribution in [0.25, 0.3) is 0 Å². The minimum atomic E-state index is -0.516. The van der Waals surface area contributed by atoms with Crippen molar-refractivity contribution >= 4 is 17.5 Å². The maximum absolute atomic E-state index is 12.3. The Morgan fingerprint density at radius 2 is 2.09 bits per heavy atom. The number of carbonyl (C=O) groups is 2. The zero-order valence-electron chi connectivity index (χ0n) is 13.7. The summed E-state index contributed by atoms with van der Waals surface area (Å²) in [7, 11) is 1.81. The van der Waals surface area contributed by atoms with Gasteiger partial charge in [0.05, 0.1) is 5.69 Å². The average Bonchev–Trinajstić information content (AvgIpc) is 2.53. The van der Waals surface area contributed by atoms with E-state index in [1.807, 2.05) is 38.2 Å². The maximum Gasteiger partial charge on any atom is 0.267 e. The lowest BCUT2D eigenvalue weighted by Crippen LogP contribution is -2.46.